The SMILES string of the molecule is O=C(/C=C/Sc1ccccc1)NNC(=O)c1ccc(F)cc1. The van der Waals surface area contributed by atoms with Crippen molar-refractivity contribution in [2.45, 2.75) is 4.90 Å². The molecule has 0 fully saturated rings. The van der Waals surface area contributed by atoms with Gasteiger partial charge in [0, 0.05) is 16.5 Å². The lowest BCUT2D eigenvalue weighted by Gasteiger charge is -2.05. The van der Waals surface area contributed by atoms with Crippen molar-refractivity contribution in [3.05, 3.63) is 77.5 Å². The van der Waals surface area contributed by atoms with Crippen LogP contribution < -0.4 is 10.9 Å². The number of amides is 2. The van der Waals surface area contributed by atoms with Gasteiger partial charge in [-0.05, 0) is 41.8 Å². The molecule has 0 heterocycles. The summed E-state index contributed by atoms with van der Waals surface area (Å²) in [6.07, 6.45) is 1.31. The van der Waals surface area contributed by atoms with Gasteiger partial charge in [-0.25, -0.2) is 4.39 Å². The Hall–Kier alpha value is -2.60. The highest BCUT2D eigenvalue weighted by Crippen LogP contribution is 2.17. The van der Waals surface area contributed by atoms with Crippen LogP contribution >= 0.6 is 11.8 Å². The van der Waals surface area contributed by atoms with Gasteiger partial charge < -0.3 is 0 Å². The molecule has 4 nitrogen and oxygen atoms in total. The molecule has 0 atom stereocenters. The molecule has 112 valence electrons. The Morgan fingerprint density at radius 1 is 0.955 bits per heavy atom. The maximum absolute atomic E-state index is 12.7. The van der Waals surface area contributed by atoms with E-state index < -0.39 is 17.6 Å². The highest BCUT2D eigenvalue weighted by molar-refractivity contribution is 8.02. The maximum Gasteiger partial charge on any atom is 0.269 e. The molecule has 2 amide bonds. The molecule has 0 aromatic heterocycles. The minimum Gasteiger partial charge on any atom is -0.268 e. The number of rotatable bonds is 4. The summed E-state index contributed by atoms with van der Waals surface area (Å²) >= 11 is 1.39. The lowest BCUT2D eigenvalue weighted by atomic mass is 10.2. The van der Waals surface area contributed by atoms with Gasteiger partial charge in [-0.15, -0.1) is 0 Å². The molecule has 0 unspecified atom stereocenters. The van der Waals surface area contributed by atoms with Gasteiger partial charge in [0.1, 0.15) is 5.82 Å². The molecule has 0 spiro atoms. The topological polar surface area (TPSA) is 58.2 Å². The van der Waals surface area contributed by atoms with Crippen molar-refractivity contribution < 1.29 is 14.0 Å². The Morgan fingerprint density at radius 3 is 2.32 bits per heavy atom. The fourth-order valence-electron chi connectivity index (χ4n) is 1.51. The Kier molecular flexibility index (Phi) is 5.73. The number of hydrazine groups is 1. The number of halogens is 1. The van der Waals surface area contributed by atoms with E-state index in [2.05, 4.69) is 10.9 Å². The van der Waals surface area contributed by atoms with Gasteiger partial charge in [0.2, 0.25) is 0 Å². The average molecular weight is 316 g/mol. The molecular weight excluding hydrogens is 303 g/mol. The number of hydrogen-bond donors (Lipinski definition) is 2. The first kappa shape index (κ1) is 15.8. The molecule has 0 aliphatic carbocycles. The van der Waals surface area contributed by atoms with E-state index in [1.165, 1.54) is 42.1 Å². The standard InChI is InChI=1S/C16H13FN2O2S/c17-13-8-6-12(7-9-13)16(21)19-18-15(20)10-11-22-14-4-2-1-3-5-14/h1-11H,(H,18,20)(H,19,21)/b11-10+. The number of thioether (sulfide) groups is 1. The number of carbonyl (C=O) groups excluding carboxylic acids is 2. The van der Waals surface area contributed by atoms with E-state index in [1.807, 2.05) is 30.3 Å². The average Bonchev–Trinajstić information content (AvgIpc) is 2.54. The summed E-state index contributed by atoms with van der Waals surface area (Å²) in [4.78, 5) is 24.2. The van der Waals surface area contributed by atoms with Crippen molar-refractivity contribution in [2.75, 3.05) is 0 Å². The zero-order valence-electron chi connectivity index (χ0n) is 11.5. The normalized spacial score (nSPS) is 10.4. The Balaban J connectivity index is 1.77. The lowest BCUT2D eigenvalue weighted by Crippen LogP contribution is -2.40. The van der Waals surface area contributed by atoms with Gasteiger partial charge in [0.25, 0.3) is 11.8 Å². The van der Waals surface area contributed by atoms with Crippen LogP contribution in [0.3, 0.4) is 0 Å². The summed E-state index contributed by atoms with van der Waals surface area (Å²) in [5.41, 5.74) is 4.75. The van der Waals surface area contributed by atoms with E-state index in [0.717, 1.165) is 4.90 Å². The maximum atomic E-state index is 12.7. The lowest BCUT2D eigenvalue weighted by molar-refractivity contribution is -0.117. The smallest absolute Gasteiger partial charge is 0.268 e. The Bertz CT molecular complexity index is 672. The molecule has 0 aliphatic rings. The van der Waals surface area contributed by atoms with Crippen LogP contribution in [0.1, 0.15) is 10.4 Å². The van der Waals surface area contributed by atoms with Crippen molar-refractivity contribution in [1.29, 1.82) is 0 Å². The van der Waals surface area contributed by atoms with Gasteiger partial charge in [-0.1, -0.05) is 30.0 Å². The van der Waals surface area contributed by atoms with Gasteiger partial charge in [-0.2, -0.15) is 0 Å². The van der Waals surface area contributed by atoms with Crippen LogP contribution in [0.5, 0.6) is 0 Å². The summed E-state index contributed by atoms with van der Waals surface area (Å²) in [5, 5.41) is 1.62. The van der Waals surface area contributed by atoms with E-state index in [-0.39, 0.29) is 5.56 Å². The second kappa shape index (κ2) is 7.99. The predicted octanol–water partition coefficient (Wildman–Crippen LogP) is 2.89. The summed E-state index contributed by atoms with van der Waals surface area (Å²) in [5.74, 6) is -1.40. The largest absolute Gasteiger partial charge is 0.269 e. The molecule has 0 saturated heterocycles. The third kappa shape index (κ3) is 5.06. The third-order valence-corrected chi connectivity index (χ3v) is 3.39. The zero-order valence-corrected chi connectivity index (χ0v) is 12.3. The number of carbonyl (C=O) groups is 2. The fraction of sp³-hybridized carbons (Fsp3) is 0. The molecule has 2 aromatic carbocycles. The van der Waals surface area contributed by atoms with Crippen LogP contribution in [-0.4, -0.2) is 11.8 Å². The molecule has 2 aromatic rings. The van der Waals surface area contributed by atoms with Gasteiger partial charge >= 0.3 is 0 Å². The van der Waals surface area contributed by atoms with E-state index in [4.69, 9.17) is 0 Å². The zero-order chi connectivity index (χ0) is 15.8. The van der Waals surface area contributed by atoms with Crippen molar-refractivity contribution >= 4 is 23.6 Å². The van der Waals surface area contributed by atoms with E-state index in [1.54, 1.807) is 5.41 Å². The second-order valence-electron chi connectivity index (χ2n) is 4.18. The molecular formula is C16H13FN2O2S. The van der Waals surface area contributed by atoms with Crippen molar-refractivity contribution in [3.8, 4) is 0 Å². The molecule has 2 rings (SSSR count). The molecule has 0 saturated carbocycles. The fourth-order valence-corrected chi connectivity index (χ4v) is 2.17. The molecule has 0 bridgehead atoms. The van der Waals surface area contributed by atoms with Crippen LogP contribution in [-0.2, 0) is 4.79 Å². The van der Waals surface area contributed by atoms with E-state index in [0.29, 0.717) is 0 Å². The summed E-state index contributed by atoms with van der Waals surface area (Å²) in [6.45, 7) is 0. The highest BCUT2D eigenvalue weighted by atomic mass is 32.2. The van der Waals surface area contributed by atoms with E-state index >= 15 is 0 Å². The number of nitrogens with one attached hydrogen (secondary N) is 2. The molecule has 0 aliphatic heterocycles. The monoisotopic (exact) mass is 316 g/mol. The predicted molar refractivity (Wildman–Crippen MR) is 83.4 cm³/mol. The van der Waals surface area contributed by atoms with Gasteiger partial charge in [0.05, 0.1) is 0 Å². The van der Waals surface area contributed by atoms with Crippen molar-refractivity contribution in [1.82, 2.24) is 10.9 Å². The van der Waals surface area contributed by atoms with E-state index in [9.17, 15) is 14.0 Å². The third-order valence-electron chi connectivity index (χ3n) is 2.57. The van der Waals surface area contributed by atoms with Gasteiger partial charge in [-0.3, -0.25) is 20.4 Å². The number of hydrogen-bond acceptors (Lipinski definition) is 3. The minimum absolute atomic E-state index is 0.254. The van der Waals surface area contributed by atoms with Crippen LogP contribution in [0.25, 0.3) is 0 Å². The molecule has 0 radical (unpaired) electrons. The van der Waals surface area contributed by atoms with Crippen LogP contribution in [0.15, 0.2) is 71.0 Å². The molecule has 22 heavy (non-hydrogen) atoms. The molecule has 6 heteroatoms. The quantitative estimate of drug-likeness (QED) is 0.518. The molecule has 2 N–H and O–H groups in total. The van der Waals surface area contributed by atoms with Crippen LogP contribution in [0, 0.1) is 5.82 Å². The first-order chi connectivity index (χ1) is 10.6. The number of benzene rings is 2. The van der Waals surface area contributed by atoms with Crippen molar-refractivity contribution in [3.63, 3.8) is 0 Å². The van der Waals surface area contributed by atoms with Crippen LogP contribution in [0.4, 0.5) is 4.39 Å². The second-order valence-corrected chi connectivity index (χ2v) is 5.16. The Morgan fingerprint density at radius 2 is 1.64 bits per heavy atom. The first-order valence-electron chi connectivity index (χ1n) is 6.39. The van der Waals surface area contributed by atoms with Crippen molar-refractivity contribution in [2.24, 2.45) is 0 Å². The van der Waals surface area contributed by atoms with Gasteiger partial charge in [0.15, 0.2) is 0 Å². The summed E-state index contributed by atoms with van der Waals surface area (Å²) < 4.78 is 12.7. The van der Waals surface area contributed by atoms with Crippen LogP contribution in [0.2, 0.25) is 0 Å². The highest BCUT2D eigenvalue weighted by Gasteiger charge is 2.05. The summed E-state index contributed by atoms with van der Waals surface area (Å²) in [7, 11) is 0. The minimum atomic E-state index is -0.516. The summed E-state index contributed by atoms with van der Waals surface area (Å²) in [6, 6.07) is 14.6. The first-order valence-corrected chi connectivity index (χ1v) is 7.27. The Labute approximate surface area is 131 Å².